The number of hydrogen-bond donors (Lipinski definition) is 1. The molecule has 3 rings (SSSR count). The highest BCUT2D eigenvalue weighted by atomic mass is 16.2. The van der Waals surface area contributed by atoms with Crippen molar-refractivity contribution in [2.75, 3.05) is 0 Å². The van der Waals surface area contributed by atoms with E-state index in [1.54, 1.807) is 6.08 Å². The molecule has 2 heteroatoms. The first-order chi connectivity index (χ1) is 8.70. The van der Waals surface area contributed by atoms with Gasteiger partial charge in [0.25, 0.3) is 0 Å². The van der Waals surface area contributed by atoms with Crippen LogP contribution in [0.1, 0.15) is 17.5 Å². The van der Waals surface area contributed by atoms with Gasteiger partial charge < -0.3 is 5.11 Å². The van der Waals surface area contributed by atoms with Crippen LogP contribution in [0.4, 0.5) is 0 Å². The van der Waals surface area contributed by atoms with Crippen LogP contribution in [0.15, 0.2) is 42.2 Å². The van der Waals surface area contributed by atoms with Gasteiger partial charge in [-0.25, -0.2) is 0 Å². The molecule has 0 fully saturated rings. The Morgan fingerprint density at radius 3 is 2.83 bits per heavy atom. The van der Waals surface area contributed by atoms with Gasteiger partial charge in [0.15, 0.2) is 5.78 Å². The number of ketones is 1. The average Bonchev–Trinajstić information content (AvgIpc) is 2.72. The van der Waals surface area contributed by atoms with E-state index in [2.05, 4.69) is 5.92 Å². The first kappa shape index (κ1) is 10.9. The monoisotopic (exact) mass is 236 g/mol. The zero-order valence-electron chi connectivity index (χ0n) is 9.81. The van der Waals surface area contributed by atoms with E-state index < -0.39 is 5.41 Å². The summed E-state index contributed by atoms with van der Waals surface area (Å²) in [4.78, 5) is 11.9. The van der Waals surface area contributed by atoms with Gasteiger partial charge in [0.05, 0.1) is 11.7 Å². The molecule has 0 bridgehead atoms. The van der Waals surface area contributed by atoms with Gasteiger partial charge in [-0.3, -0.25) is 4.79 Å². The fourth-order valence-electron chi connectivity index (χ4n) is 2.91. The molecular weight excluding hydrogens is 224 g/mol. The molecule has 1 aromatic carbocycles. The van der Waals surface area contributed by atoms with Crippen LogP contribution in [0.25, 0.3) is 5.57 Å². The number of rotatable bonds is 0. The van der Waals surface area contributed by atoms with Gasteiger partial charge in [-0.2, -0.15) is 0 Å². The molecule has 0 aromatic heterocycles. The molecule has 0 aliphatic heterocycles. The van der Waals surface area contributed by atoms with Crippen molar-refractivity contribution in [3.63, 3.8) is 0 Å². The predicted molar refractivity (Wildman–Crippen MR) is 69.7 cm³/mol. The van der Waals surface area contributed by atoms with E-state index in [9.17, 15) is 4.79 Å². The SMILES string of the molecule is C#CC12C/C(=C\O)C(=O)C=C1c1ccccc1C2. The molecule has 0 radical (unpaired) electrons. The molecule has 1 atom stereocenters. The Kier molecular flexibility index (Phi) is 2.18. The number of carbonyl (C=O) groups is 1. The van der Waals surface area contributed by atoms with Crippen LogP contribution < -0.4 is 0 Å². The molecule has 0 saturated heterocycles. The smallest absolute Gasteiger partial charge is 0.185 e. The van der Waals surface area contributed by atoms with E-state index in [1.807, 2.05) is 24.3 Å². The van der Waals surface area contributed by atoms with E-state index in [1.165, 1.54) is 5.56 Å². The Labute approximate surface area is 106 Å². The predicted octanol–water partition coefficient (Wildman–Crippen LogP) is 2.66. The van der Waals surface area contributed by atoms with Gasteiger partial charge in [-0.15, -0.1) is 6.42 Å². The Balaban J connectivity index is 2.24. The summed E-state index contributed by atoms with van der Waals surface area (Å²) < 4.78 is 0. The molecule has 0 spiro atoms. The van der Waals surface area contributed by atoms with Crippen molar-refractivity contribution in [2.45, 2.75) is 12.8 Å². The lowest BCUT2D eigenvalue weighted by molar-refractivity contribution is -0.111. The zero-order chi connectivity index (χ0) is 12.8. The molecule has 2 aliphatic carbocycles. The summed E-state index contributed by atoms with van der Waals surface area (Å²) in [5, 5.41) is 9.13. The Morgan fingerprint density at radius 2 is 2.11 bits per heavy atom. The third-order valence-corrected chi connectivity index (χ3v) is 3.83. The van der Waals surface area contributed by atoms with Crippen LogP contribution in [0.2, 0.25) is 0 Å². The van der Waals surface area contributed by atoms with E-state index in [-0.39, 0.29) is 5.78 Å². The zero-order valence-corrected chi connectivity index (χ0v) is 9.81. The summed E-state index contributed by atoms with van der Waals surface area (Å²) in [6.07, 6.45) is 9.33. The molecule has 0 saturated carbocycles. The van der Waals surface area contributed by atoms with Crippen LogP contribution in [-0.4, -0.2) is 10.9 Å². The maximum absolute atomic E-state index is 11.9. The van der Waals surface area contributed by atoms with Crippen molar-refractivity contribution >= 4 is 11.4 Å². The van der Waals surface area contributed by atoms with Crippen molar-refractivity contribution in [1.82, 2.24) is 0 Å². The van der Waals surface area contributed by atoms with Gasteiger partial charge in [0, 0.05) is 12.0 Å². The van der Waals surface area contributed by atoms with Crippen molar-refractivity contribution in [1.29, 1.82) is 0 Å². The topological polar surface area (TPSA) is 37.3 Å². The molecule has 0 amide bonds. The van der Waals surface area contributed by atoms with E-state index in [0.29, 0.717) is 12.0 Å². The fraction of sp³-hybridized carbons (Fsp3) is 0.188. The first-order valence-electron chi connectivity index (χ1n) is 5.86. The molecule has 1 unspecified atom stereocenters. The van der Waals surface area contributed by atoms with Crippen LogP contribution in [0.5, 0.6) is 0 Å². The standard InChI is InChI=1S/C16H12O2/c1-2-16-8-11-5-3-4-6-13(11)14(16)7-15(18)12(9-16)10-17/h1,3-7,10,17H,8-9H2/b12-10+. The van der Waals surface area contributed by atoms with Crippen molar-refractivity contribution in [3.05, 3.63) is 53.3 Å². The number of benzene rings is 1. The van der Waals surface area contributed by atoms with E-state index in [0.717, 1.165) is 23.8 Å². The number of fused-ring (bicyclic) bond motifs is 3. The van der Waals surface area contributed by atoms with Crippen LogP contribution in [0.3, 0.4) is 0 Å². The molecule has 18 heavy (non-hydrogen) atoms. The lowest BCUT2D eigenvalue weighted by atomic mass is 9.71. The number of hydrogen-bond acceptors (Lipinski definition) is 2. The van der Waals surface area contributed by atoms with E-state index >= 15 is 0 Å². The molecule has 1 N–H and O–H groups in total. The van der Waals surface area contributed by atoms with Gasteiger partial charge in [-0.05, 0) is 29.2 Å². The van der Waals surface area contributed by atoms with Crippen LogP contribution >= 0.6 is 0 Å². The molecule has 2 aliphatic rings. The summed E-state index contributed by atoms with van der Waals surface area (Å²) in [5.41, 5.74) is 3.10. The highest BCUT2D eigenvalue weighted by molar-refractivity contribution is 6.12. The van der Waals surface area contributed by atoms with Crippen molar-refractivity contribution < 1.29 is 9.90 Å². The first-order valence-corrected chi connectivity index (χ1v) is 5.86. The summed E-state index contributed by atoms with van der Waals surface area (Å²) in [6.45, 7) is 0. The minimum Gasteiger partial charge on any atom is -0.515 e. The molecule has 88 valence electrons. The third-order valence-electron chi connectivity index (χ3n) is 3.83. The number of aliphatic hydroxyl groups is 1. The van der Waals surface area contributed by atoms with Gasteiger partial charge in [-0.1, -0.05) is 30.2 Å². The summed E-state index contributed by atoms with van der Waals surface area (Å²) in [7, 11) is 0. The van der Waals surface area contributed by atoms with Gasteiger partial charge >= 0.3 is 0 Å². The number of terminal acetylenes is 1. The quantitative estimate of drug-likeness (QED) is 0.427. The Hall–Kier alpha value is -2.27. The van der Waals surface area contributed by atoms with Crippen molar-refractivity contribution in [3.8, 4) is 12.3 Å². The molecule has 2 nitrogen and oxygen atoms in total. The van der Waals surface area contributed by atoms with Gasteiger partial charge in [0.2, 0.25) is 0 Å². The van der Waals surface area contributed by atoms with Crippen LogP contribution in [-0.2, 0) is 11.2 Å². The summed E-state index contributed by atoms with van der Waals surface area (Å²) in [6, 6.07) is 7.97. The maximum atomic E-state index is 11.9. The minimum atomic E-state index is -0.466. The number of aliphatic hydroxyl groups excluding tert-OH is 1. The second-order valence-corrected chi connectivity index (χ2v) is 4.81. The molecule has 1 aromatic rings. The maximum Gasteiger partial charge on any atom is 0.185 e. The highest BCUT2D eigenvalue weighted by Crippen LogP contribution is 2.52. The second-order valence-electron chi connectivity index (χ2n) is 4.81. The number of allylic oxidation sites excluding steroid dienone is 3. The van der Waals surface area contributed by atoms with E-state index in [4.69, 9.17) is 11.5 Å². The Bertz CT molecular complexity index is 643. The molecule has 0 heterocycles. The summed E-state index contributed by atoms with van der Waals surface area (Å²) >= 11 is 0. The fourth-order valence-corrected chi connectivity index (χ4v) is 2.91. The molecular formula is C16H12O2. The van der Waals surface area contributed by atoms with Gasteiger partial charge in [0.1, 0.15) is 0 Å². The lowest BCUT2D eigenvalue weighted by Gasteiger charge is -2.29. The Morgan fingerprint density at radius 1 is 1.33 bits per heavy atom. The highest BCUT2D eigenvalue weighted by Gasteiger charge is 2.44. The summed E-state index contributed by atoms with van der Waals surface area (Å²) in [5.74, 6) is 2.70. The average molecular weight is 236 g/mol. The second kappa shape index (κ2) is 3.61. The van der Waals surface area contributed by atoms with Crippen LogP contribution in [0, 0.1) is 17.8 Å². The van der Waals surface area contributed by atoms with Crippen molar-refractivity contribution in [2.24, 2.45) is 5.41 Å². The normalized spacial score (nSPS) is 27.4. The largest absolute Gasteiger partial charge is 0.515 e. The number of carbonyl (C=O) groups excluding carboxylic acids is 1. The minimum absolute atomic E-state index is 0.143. The lowest BCUT2D eigenvalue weighted by Crippen LogP contribution is -2.25. The third kappa shape index (κ3) is 1.28.